The van der Waals surface area contributed by atoms with Crippen LogP contribution in [0.15, 0.2) is 36.5 Å². The number of hydrogen-bond donors (Lipinski definition) is 0. The summed E-state index contributed by atoms with van der Waals surface area (Å²) in [4.78, 5) is 38.1. The van der Waals surface area contributed by atoms with E-state index in [2.05, 4.69) is 57.2 Å². The van der Waals surface area contributed by atoms with Crippen LogP contribution < -0.4 is 0 Å². The smallest absolute Gasteiger partial charge is 0.306 e. The SMILES string of the molecule is CC\C=C/C=C\C=C/CCCCCCCCCC(=O)OC(COC(=O)CCCCCCCCCCCCCCC)COC(=O)CCCCCCCCCCCCCCCCCCCCC. The Bertz CT molecular complexity index is 1090. The summed E-state index contributed by atoms with van der Waals surface area (Å²) in [7, 11) is 0. The van der Waals surface area contributed by atoms with Gasteiger partial charge in [0, 0.05) is 19.3 Å². The van der Waals surface area contributed by atoms with Gasteiger partial charge in [0.1, 0.15) is 13.2 Å². The van der Waals surface area contributed by atoms with Gasteiger partial charge in [-0.2, -0.15) is 0 Å². The van der Waals surface area contributed by atoms with Gasteiger partial charge in [-0.1, -0.05) is 282 Å². The van der Waals surface area contributed by atoms with Gasteiger partial charge >= 0.3 is 17.9 Å². The first-order chi connectivity index (χ1) is 32.0. The number of carbonyl (C=O) groups is 3. The molecule has 0 heterocycles. The zero-order valence-electron chi connectivity index (χ0n) is 43.5. The minimum absolute atomic E-state index is 0.0723. The maximum absolute atomic E-state index is 12.8. The summed E-state index contributed by atoms with van der Waals surface area (Å²) < 4.78 is 16.9. The molecule has 1 atom stereocenters. The topological polar surface area (TPSA) is 78.9 Å². The molecule has 0 saturated heterocycles. The van der Waals surface area contributed by atoms with E-state index in [1.54, 1.807) is 0 Å². The summed E-state index contributed by atoms with van der Waals surface area (Å²) in [5.41, 5.74) is 0. The van der Waals surface area contributed by atoms with Crippen LogP contribution in [0.3, 0.4) is 0 Å². The first-order valence-corrected chi connectivity index (χ1v) is 28.5. The highest BCUT2D eigenvalue weighted by atomic mass is 16.6. The number of hydrogen-bond acceptors (Lipinski definition) is 6. The van der Waals surface area contributed by atoms with E-state index in [1.807, 2.05) is 0 Å². The normalized spacial score (nSPS) is 12.2. The Hall–Kier alpha value is -2.37. The summed E-state index contributed by atoms with van der Waals surface area (Å²) in [6.45, 7) is 6.54. The number of ether oxygens (including phenoxy) is 3. The minimum Gasteiger partial charge on any atom is -0.462 e. The van der Waals surface area contributed by atoms with Gasteiger partial charge in [0.05, 0.1) is 0 Å². The van der Waals surface area contributed by atoms with Crippen LogP contribution in [0.25, 0.3) is 0 Å². The van der Waals surface area contributed by atoms with E-state index in [0.717, 1.165) is 70.6 Å². The van der Waals surface area contributed by atoms with E-state index in [9.17, 15) is 14.4 Å². The summed E-state index contributed by atoms with van der Waals surface area (Å²) in [6.07, 6.45) is 64.2. The fraction of sp³-hybridized carbons (Fsp3) is 0.847. The van der Waals surface area contributed by atoms with Crippen molar-refractivity contribution in [2.45, 2.75) is 309 Å². The Labute approximate surface area is 404 Å². The van der Waals surface area contributed by atoms with E-state index in [-0.39, 0.29) is 31.1 Å². The lowest BCUT2D eigenvalue weighted by Gasteiger charge is -2.18. The molecule has 380 valence electrons. The molecule has 0 N–H and O–H groups in total. The highest BCUT2D eigenvalue weighted by Gasteiger charge is 2.19. The Morgan fingerprint density at radius 2 is 0.600 bits per heavy atom. The summed E-state index contributed by atoms with van der Waals surface area (Å²) in [6, 6.07) is 0. The number of allylic oxidation sites excluding steroid dienone is 6. The van der Waals surface area contributed by atoms with Crippen molar-refractivity contribution < 1.29 is 28.6 Å². The van der Waals surface area contributed by atoms with Crippen LogP contribution in [0.2, 0.25) is 0 Å². The van der Waals surface area contributed by atoms with Gasteiger partial charge in [0.2, 0.25) is 0 Å². The predicted molar refractivity (Wildman–Crippen MR) is 279 cm³/mol. The average molecular weight is 914 g/mol. The fourth-order valence-corrected chi connectivity index (χ4v) is 8.45. The molecule has 0 rings (SSSR count). The van der Waals surface area contributed by atoms with Gasteiger partial charge in [-0.15, -0.1) is 0 Å². The molecule has 0 fully saturated rings. The molecule has 0 aliphatic heterocycles. The molecule has 6 nitrogen and oxygen atoms in total. The maximum atomic E-state index is 12.8. The summed E-state index contributed by atoms with van der Waals surface area (Å²) in [5, 5.41) is 0. The Balaban J connectivity index is 4.31. The van der Waals surface area contributed by atoms with Crippen molar-refractivity contribution >= 4 is 17.9 Å². The average Bonchev–Trinajstić information content (AvgIpc) is 3.30. The summed E-state index contributed by atoms with van der Waals surface area (Å²) >= 11 is 0. The molecular weight excluding hydrogens is 805 g/mol. The van der Waals surface area contributed by atoms with Crippen LogP contribution in [0.5, 0.6) is 0 Å². The van der Waals surface area contributed by atoms with Gasteiger partial charge in [0.25, 0.3) is 0 Å². The quantitative estimate of drug-likeness (QED) is 0.0262. The maximum Gasteiger partial charge on any atom is 0.306 e. The predicted octanol–water partition coefficient (Wildman–Crippen LogP) is 18.9. The van der Waals surface area contributed by atoms with Crippen molar-refractivity contribution in [3.05, 3.63) is 36.5 Å². The van der Waals surface area contributed by atoms with E-state index in [0.29, 0.717) is 19.3 Å². The van der Waals surface area contributed by atoms with Crippen LogP contribution in [-0.4, -0.2) is 37.2 Å². The van der Waals surface area contributed by atoms with Crippen LogP contribution >= 0.6 is 0 Å². The van der Waals surface area contributed by atoms with Crippen LogP contribution in [0.4, 0.5) is 0 Å². The molecule has 6 heteroatoms. The summed E-state index contributed by atoms with van der Waals surface area (Å²) in [5.74, 6) is -0.866. The van der Waals surface area contributed by atoms with Gasteiger partial charge in [0.15, 0.2) is 6.10 Å². The molecule has 0 saturated carbocycles. The molecule has 0 aromatic carbocycles. The largest absolute Gasteiger partial charge is 0.462 e. The highest BCUT2D eigenvalue weighted by molar-refractivity contribution is 5.71. The third-order valence-corrected chi connectivity index (χ3v) is 12.7. The van der Waals surface area contributed by atoms with Crippen LogP contribution in [-0.2, 0) is 28.6 Å². The van der Waals surface area contributed by atoms with Crippen molar-refractivity contribution in [2.24, 2.45) is 0 Å². The fourth-order valence-electron chi connectivity index (χ4n) is 8.45. The van der Waals surface area contributed by atoms with E-state index in [4.69, 9.17) is 14.2 Å². The molecular formula is C59H108O6. The molecule has 0 bridgehead atoms. The van der Waals surface area contributed by atoms with E-state index >= 15 is 0 Å². The lowest BCUT2D eigenvalue weighted by molar-refractivity contribution is -0.167. The highest BCUT2D eigenvalue weighted by Crippen LogP contribution is 2.17. The Morgan fingerprint density at radius 1 is 0.323 bits per heavy atom. The molecule has 0 radical (unpaired) electrons. The Morgan fingerprint density at radius 3 is 0.923 bits per heavy atom. The lowest BCUT2D eigenvalue weighted by atomic mass is 10.0. The molecule has 0 aliphatic rings. The molecule has 0 aliphatic carbocycles. The molecule has 0 aromatic heterocycles. The van der Waals surface area contributed by atoms with Crippen molar-refractivity contribution in [3.8, 4) is 0 Å². The van der Waals surface area contributed by atoms with Gasteiger partial charge in [-0.05, 0) is 38.5 Å². The Kier molecular flexibility index (Phi) is 52.3. The lowest BCUT2D eigenvalue weighted by Crippen LogP contribution is -2.30. The molecule has 0 spiro atoms. The zero-order valence-corrected chi connectivity index (χ0v) is 43.5. The zero-order chi connectivity index (χ0) is 47.2. The van der Waals surface area contributed by atoms with Crippen molar-refractivity contribution in [3.63, 3.8) is 0 Å². The second kappa shape index (κ2) is 54.2. The molecule has 65 heavy (non-hydrogen) atoms. The van der Waals surface area contributed by atoms with Crippen molar-refractivity contribution in [1.82, 2.24) is 0 Å². The first kappa shape index (κ1) is 62.6. The number of esters is 3. The third kappa shape index (κ3) is 52.5. The first-order valence-electron chi connectivity index (χ1n) is 28.5. The standard InChI is InChI=1S/C59H108O6/c1-4-7-10-13-16-19-22-25-27-28-29-30-32-34-37-40-43-46-49-52-58(61)64-55-56(54-63-57(60)51-48-45-42-39-36-33-24-21-18-15-12-9-6-3)65-59(62)53-50-47-44-41-38-35-31-26-23-20-17-14-11-8-5-2/h8,11,14,17,20,23,56H,4-7,9-10,12-13,15-16,18-19,21-22,24-55H2,1-3H3/b11-8-,17-14-,23-20-. The van der Waals surface area contributed by atoms with Crippen LogP contribution in [0, 0.1) is 0 Å². The second-order valence-electron chi connectivity index (χ2n) is 19.2. The van der Waals surface area contributed by atoms with Gasteiger partial charge < -0.3 is 14.2 Å². The number of carbonyl (C=O) groups excluding carboxylic acids is 3. The second-order valence-corrected chi connectivity index (χ2v) is 19.2. The van der Waals surface area contributed by atoms with Crippen molar-refractivity contribution in [2.75, 3.05) is 13.2 Å². The van der Waals surface area contributed by atoms with E-state index in [1.165, 1.54) is 193 Å². The number of unbranched alkanes of at least 4 members (excludes halogenated alkanes) is 37. The van der Waals surface area contributed by atoms with Gasteiger partial charge in [-0.3, -0.25) is 14.4 Å². The van der Waals surface area contributed by atoms with Crippen LogP contribution in [0.1, 0.15) is 303 Å². The van der Waals surface area contributed by atoms with Crippen molar-refractivity contribution in [1.29, 1.82) is 0 Å². The molecule has 0 amide bonds. The van der Waals surface area contributed by atoms with E-state index < -0.39 is 6.10 Å². The molecule has 0 aromatic rings. The minimum atomic E-state index is -0.774. The van der Waals surface area contributed by atoms with Gasteiger partial charge in [-0.25, -0.2) is 0 Å². The third-order valence-electron chi connectivity index (χ3n) is 12.7. The monoisotopic (exact) mass is 913 g/mol. The number of rotatable bonds is 52. The molecule has 1 unspecified atom stereocenters.